The number of fused-ring (bicyclic) bond motifs is 2. The normalized spacial score (nSPS) is 23.2. The van der Waals surface area contributed by atoms with Crippen molar-refractivity contribution in [3.05, 3.63) is 40.9 Å². The van der Waals surface area contributed by atoms with Crippen molar-refractivity contribution >= 4 is 31.9 Å². The Hall–Kier alpha value is -1.18. The summed E-state index contributed by atoms with van der Waals surface area (Å²) < 4.78 is 34.7. The van der Waals surface area contributed by atoms with E-state index in [1.165, 1.54) is 57.8 Å². The van der Waals surface area contributed by atoms with Crippen LogP contribution in [-0.2, 0) is 19.6 Å². The van der Waals surface area contributed by atoms with Crippen LogP contribution >= 0.6 is 15.9 Å². The van der Waals surface area contributed by atoms with Gasteiger partial charge in [-0.1, -0.05) is 80.0 Å². The van der Waals surface area contributed by atoms with Crippen LogP contribution in [0.3, 0.4) is 0 Å². The standard InChI is InChI=1S/C30H46BrNO4S/c1-2-3-4-5-6-7-8-12-21-36-30(33)14-11-9-10-13-28-24-15-16-25(22-24)29(28)23-32-37(34,35)27-19-17-26(31)18-20-27/h10,13,17-20,24-25,28-29,32H,2-9,11-12,14-16,21-23H2,1H3/b13-10+/t24-,25+,28+,29+/m0/s1. The first-order valence-corrected chi connectivity index (χ1v) is 16.8. The summed E-state index contributed by atoms with van der Waals surface area (Å²) in [5.74, 6) is 1.92. The number of carbonyl (C=O) groups excluding carboxylic acids is 1. The molecule has 0 heterocycles. The number of ether oxygens (including phenoxy) is 1. The fourth-order valence-corrected chi connectivity index (χ4v) is 7.41. The summed E-state index contributed by atoms with van der Waals surface area (Å²) in [6.07, 6.45) is 20.2. The van der Waals surface area contributed by atoms with Crippen LogP contribution in [-0.4, -0.2) is 27.5 Å². The van der Waals surface area contributed by atoms with Gasteiger partial charge in [0.05, 0.1) is 11.5 Å². The number of esters is 1. The first kappa shape index (κ1) is 30.4. The molecule has 2 aliphatic rings. The van der Waals surface area contributed by atoms with Crippen LogP contribution in [0.25, 0.3) is 0 Å². The highest BCUT2D eigenvalue weighted by Gasteiger charge is 2.46. The summed E-state index contributed by atoms with van der Waals surface area (Å²) in [5, 5.41) is 0. The van der Waals surface area contributed by atoms with Crippen molar-refractivity contribution in [3.8, 4) is 0 Å². The number of allylic oxidation sites excluding steroid dienone is 2. The third-order valence-electron chi connectivity index (χ3n) is 8.16. The van der Waals surface area contributed by atoms with Gasteiger partial charge >= 0.3 is 5.97 Å². The second-order valence-electron chi connectivity index (χ2n) is 10.9. The van der Waals surface area contributed by atoms with E-state index >= 15 is 0 Å². The Morgan fingerprint density at radius 2 is 1.68 bits per heavy atom. The van der Waals surface area contributed by atoms with Crippen molar-refractivity contribution in [2.45, 2.75) is 102 Å². The predicted octanol–water partition coefficient (Wildman–Crippen LogP) is 7.80. The molecule has 2 saturated carbocycles. The van der Waals surface area contributed by atoms with E-state index in [0.717, 1.165) is 30.2 Å². The second-order valence-corrected chi connectivity index (χ2v) is 13.6. The number of halogens is 1. The van der Waals surface area contributed by atoms with Gasteiger partial charge in [-0.15, -0.1) is 0 Å². The van der Waals surface area contributed by atoms with Gasteiger partial charge in [-0.05, 0) is 86.5 Å². The van der Waals surface area contributed by atoms with E-state index in [2.05, 4.69) is 39.7 Å². The van der Waals surface area contributed by atoms with E-state index in [1.807, 2.05) is 0 Å². The third-order valence-corrected chi connectivity index (χ3v) is 10.1. The molecule has 7 heteroatoms. The van der Waals surface area contributed by atoms with Gasteiger partial charge in [-0.25, -0.2) is 13.1 Å². The zero-order chi connectivity index (χ0) is 26.5. The monoisotopic (exact) mass is 595 g/mol. The van der Waals surface area contributed by atoms with Gasteiger partial charge in [-0.3, -0.25) is 4.79 Å². The van der Waals surface area contributed by atoms with Crippen LogP contribution < -0.4 is 4.72 Å². The van der Waals surface area contributed by atoms with Gasteiger partial charge in [0.2, 0.25) is 10.0 Å². The first-order chi connectivity index (χ1) is 17.9. The predicted molar refractivity (Wildman–Crippen MR) is 154 cm³/mol. The van der Waals surface area contributed by atoms with Crippen LogP contribution in [0.2, 0.25) is 0 Å². The van der Waals surface area contributed by atoms with Crippen molar-refractivity contribution in [2.24, 2.45) is 23.7 Å². The number of carbonyl (C=O) groups is 1. The molecule has 5 nitrogen and oxygen atoms in total. The molecule has 2 aliphatic carbocycles. The van der Waals surface area contributed by atoms with Gasteiger partial charge < -0.3 is 4.74 Å². The molecule has 0 saturated heterocycles. The lowest BCUT2D eigenvalue weighted by Crippen LogP contribution is -2.35. The Bertz CT molecular complexity index is 947. The maximum absolute atomic E-state index is 12.8. The highest BCUT2D eigenvalue weighted by molar-refractivity contribution is 9.10. The van der Waals surface area contributed by atoms with Gasteiger partial charge in [0, 0.05) is 17.4 Å². The van der Waals surface area contributed by atoms with Gasteiger partial charge in [0.15, 0.2) is 0 Å². The Morgan fingerprint density at radius 3 is 2.41 bits per heavy atom. The maximum Gasteiger partial charge on any atom is 0.305 e. The van der Waals surface area contributed by atoms with E-state index < -0.39 is 10.0 Å². The molecule has 1 aromatic rings. The average molecular weight is 597 g/mol. The molecule has 0 spiro atoms. The second kappa shape index (κ2) is 16.0. The smallest absolute Gasteiger partial charge is 0.305 e. The highest BCUT2D eigenvalue weighted by Crippen LogP contribution is 2.52. The van der Waals surface area contributed by atoms with Crippen molar-refractivity contribution in [1.29, 1.82) is 0 Å². The molecule has 2 bridgehead atoms. The summed E-state index contributed by atoms with van der Waals surface area (Å²) >= 11 is 3.36. The molecule has 0 amide bonds. The van der Waals surface area contributed by atoms with Crippen LogP contribution in [0.5, 0.6) is 0 Å². The van der Waals surface area contributed by atoms with Gasteiger partial charge in [-0.2, -0.15) is 0 Å². The molecule has 2 fully saturated rings. The Labute approximate surface area is 233 Å². The number of nitrogens with one attached hydrogen (secondary N) is 1. The van der Waals surface area contributed by atoms with Crippen LogP contribution in [0.1, 0.15) is 96.8 Å². The Balaban J connectivity index is 1.31. The number of rotatable bonds is 18. The molecule has 3 rings (SSSR count). The van der Waals surface area contributed by atoms with Crippen LogP contribution in [0, 0.1) is 23.7 Å². The minimum atomic E-state index is -3.51. The van der Waals surface area contributed by atoms with Gasteiger partial charge in [0.1, 0.15) is 0 Å². The summed E-state index contributed by atoms with van der Waals surface area (Å²) in [7, 11) is -3.51. The molecule has 1 N–H and O–H groups in total. The molecule has 1 aromatic carbocycles. The quantitative estimate of drug-likeness (QED) is 0.107. The lowest BCUT2D eigenvalue weighted by molar-refractivity contribution is -0.143. The molecule has 208 valence electrons. The first-order valence-electron chi connectivity index (χ1n) is 14.5. The zero-order valence-corrected chi connectivity index (χ0v) is 24.9. The van der Waals surface area contributed by atoms with Crippen molar-refractivity contribution in [2.75, 3.05) is 13.2 Å². The highest BCUT2D eigenvalue weighted by atomic mass is 79.9. The SMILES string of the molecule is CCCCCCCCCCOC(=O)CCC/C=C/[C@@H]1[C@H]2CC[C@H](C2)[C@H]1CNS(=O)(=O)c1ccc(Br)cc1. The Morgan fingerprint density at radius 1 is 1.00 bits per heavy atom. The van der Waals surface area contributed by atoms with Gasteiger partial charge in [0.25, 0.3) is 0 Å². The average Bonchev–Trinajstić information content (AvgIpc) is 3.48. The number of hydrogen-bond acceptors (Lipinski definition) is 4. The maximum atomic E-state index is 12.8. The summed E-state index contributed by atoms with van der Waals surface area (Å²) in [4.78, 5) is 12.3. The minimum absolute atomic E-state index is 0.0866. The molecule has 0 unspecified atom stereocenters. The number of benzene rings is 1. The molecule has 0 aliphatic heterocycles. The summed E-state index contributed by atoms with van der Waals surface area (Å²) in [6, 6.07) is 6.77. The molecule has 4 atom stereocenters. The molecular formula is C30H46BrNO4S. The van der Waals surface area contributed by atoms with E-state index in [1.54, 1.807) is 24.3 Å². The lowest BCUT2D eigenvalue weighted by Gasteiger charge is -2.29. The molecule has 0 radical (unpaired) electrons. The van der Waals surface area contributed by atoms with E-state index in [9.17, 15) is 13.2 Å². The number of unbranched alkanes of at least 4 members (excludes halogenated alkanes) is 8. The largest absolute Gasteiger partial charge is 0.466 e. The van der Waals surface area contributed by atoms with Crippen LogP contribution in [0.15, 0.2) is 45.8 Å². The Kier molecular flexibility index (Phi) is 13.2. The fourth-order valence-electron chi connectivity index (χ4n) is 6.07. The summed E-state index contributed by atoms with van der Waals surface area (Å²) in [6.45, 7) is 3.27. The van der Waals surface area contributed by atoms with Crippen molar-refractivity contribution in [1.82, 2.24) is 4.72 Å². The van der Waals surface area contributed by atoms with Crippen molar-refractivity contribution < 1.29 is 17.9 Å². The molecule has 0 aromatic heterocycles. The summed E-state index contributed by atoms with van der Waals surface area (Å²) in [5.41, 5.74) is 0. The van der Waals surface area contributed by atoms with E-state index in [-0.39, 0.29) is 5.97 Å². The van der Waals surface area contributed by atoms with Crippen LogP contribution in [0.4, 0.5) is 0 Å². The molecular weight excluding hydrogens is 550 g/mol. The third kappa shape index (κ3) is 10.1. The zero-order valence-electron chi connectivity index (χ0n) is 22.5. The molecule has 37 heavy (non-hydrogen) atoms. The number of hydrogen-bond donors (Lipinski definition) is 1. The lowest BCUT2D eigenvalue weighted by atomic mass is 9.79. The topological polar surface area (TPSA) is 72.5 Å². The number of sulfonamides is 1. The van der Waals surface area contributed by atoms with E-state index in [0.29, 0.717) is 48.1 Å². The van der Waals surface area contributed by atoms with Crippen molar-refractivity contribution in [3.63, 3.8) is 0 Å². The van der Waals surface area contributed by atoms with E-state index in [4.69, 9.17) is 4.74 Å². The minimum Gasteiger partial charge on any atom is -0.466 e. The fraction of sp³-hybridized carbons (Fsp3) is 0.700.